The number of nitrogens with zero attached hydrogens (tertiary/aromatic N) is 2. The molecule has 3 rings (SSSR count). The van der Waals surface area contributed by atoms with Gasteiger partial charge < -0.3 is 30.3 Å². The lowest BCUT2D eigenvalue weighted by atomic mass is 10.0. The minimum Gasteiger partial charge on any atom is -0.444 e. The summed E-state index contributed by atoms with van der Waals surface area (Å²) in [5.41, 5.74) is 6.55. The number of nitrogens with two attached hydrogens (primary N) is 1. The van der Waals surface area contributed by atoms with E-state index in [9.17, 15) is 24.0 Å². The number of amides is 5. The Morgan fingerprint density at radius 1 is 1.22 bits per heavy atom. The van der Waals surface area contributed by atoms with Crippen molar-refractivity contribution in [1.29, 1.82) is 0 Å². The second-order valence-electron chi connectivity index (χ2n) is 9.63. The van der Waals surface area contributed by atoms with Gasteiger partial charge in [-0.15, -0.1) is 0 Å². The zero-order valence-electron chi connectivity index (χ0n) is 20.8. The fraction of sp³-hybridized carbons (Fsp3) is 0.542. The largest absolute Gasteiger partial charge is 0.444 e. The maximum absolute atomic E-state index is 12.8. The summed E-state index contributed by atoms with van der Waals surface area (Å²) in [6, 6.07) is 4.19. The highest BCUT2D eigenvalue weighted by Gasteiger charge is 2.39. The molecule has 2 heterocycles. The summed E-state index contributed by atoms with van der Waals surface area (Å²) in [7, 11) is 0. The average molecular weight is 504 g/mol. The van der Waals surface area contributed by atoms with E-state index in [0.717, 1.165) is 0 Å². The van der Waals surface area contributed by atoms with Crippen molar-refractivity contribution in [2.75, 3.05) is 38.2 Å². The summed E-state index contributed by atoms with van der Waals surface area (Å²) in [6.45, 7) is 6.19. The SMILES string of the molecule is CC(C)(C)OC(=O)N(CCN)CCOCC(=O)Nc1ccc2c(c1)CN(C1CCC(=O)NC1=O)C2=O. The molecule has 0 spiro atoms. The number of carbonyl (C=O) groups is 5. The van der Waals surface area contributed by atoms with E-state index in [1.165, 1.54) is 9.80 Å². The van der Waals surface area contributed by atoms with Crippen molar-refractivity contribution < 1.29 is 33.4 Å². The number of ether oxygens (including phenoxy) is 2. The van der Waals surface area contributed by atoms with Crippen LogP contribution in [0.4, 0.5) is 10.5 Å². The Bertz CT molecular complexity index is 1040. The summed E-state index contributed by atoms with van der Waals surface area (Å²) < 4.78 is 10.8. The van der Waals surface area contributed by atoms with Gasteiger partial charge in [0.15, 0.2) is 0 Å². The fourth-order valence-corrected chi connectivity index (χ4v) is 3.97. The second-order valence-corrected chi connectivity index (χ2v) is 9.63. The number of anilines is 1. The van der Waals surface area contributed by atoms with Crippen LogP contribution in [0.1, 0.15) is 49.5 Å². The van der Waals surface area contributed by atoms with Gasteiger partial charge in [0, 0.05) is 43.9 Å². The molecule has 36 heavy (non-hydrogen) atoms. The number of hydrogen-bond acceptors (Lipinski definition) is 8. The first-order valence-corrected chi connectivity index (χ1v) is 11.8. The number of piperidine rings is 1. The van der Waals surface area contributed by atoms with Crippen LogP contribution in [0.15, 0.2) is 18.2 Å². The molecule has 2 aliphatic rings. The standard InChI is InChI=1S/C24H33N5O7/c1-24(2,3)36-23(34)28(9-8-25)10-11-35-14-20(31)26-16-4-5-17-15(12-16)13-29(22(17)33)18-6-7-19(30)27-21(18)32/h4-5,12,18H,6-11,13-14,25H2,1-3H3,(H,26,31)(H,27,30,32). The van der Waals surface area contributed by atoms with Crippen molar-refractivity contribution >= 4 is 35.4 Å². The zero-order chi connectivity index (χ0) is 26.5. The third-order valence-corrected chi connectivity index (χ3v) is 5.60. The van der Waals surface area contributed by atoms with Crippen molar-refractivity contribution in [3.05, 3.63) is 29.3 Å². The summed E-state index contributed by atoms with van der Waals surface area (Å²) in [4.78, 5) is 63.8. The van der Waals surface area contributed by atoms with Gasteiger partial charge in [-0.1, -0.05) is 0 Å². The average Bonchev–Trinajstić information content (AvgIpc) is 3.10. The normalized spacial score (nSPS) is 17.5. The summed E-state index contributed by atoms with van der Waals surface area (Å²) in [6.07, 6.45) is -0.0401. The molecule has 1 atom stereocenters. The summed E-state index contributed by atoms with van der Waals surface area (Å²) >= 11 is 0. The van der Waals surface area contributed by atoms with Gasteiger partial charge in [0.05, 0.1) is 6.61 Å². The van der Waals surface area contributed by atoms with Gasteiger partial charge in [-0.2, -0.15) is 0 Å². The van der Waals surface area contributed by atoms with E-state index in [2.05, 4.69) is 10.6 Å². The van der Waals surface area contributed by atoms with Crippen LogP contribution in [-0.2, 0) is 30.4 Å². The van der Waals surface area contributed by atoms with Crippen molar-refractivity contribution in [2.24, 2.45) is 5.73 Å². The van der Waals surface area contributed by atoms with Crippen LogP contribution in [0.3, 0.4) is 0 Å². The molecule has 12 nitrogen and oxygen atoms in total. The maximum atomic E-state index is 12.8. The van der Waals surface area contributed by atoms with Crippen LogP contribution in [0, 0.1) is 0 Å². The molecular weight excluding hydrogens is 470 g/mol. The molecule has 4 N–H and O–H groups in total. The molecule has 1 aromatic rings. The van der Waals surface area contributed by atoms with Crippen LogP contribution < -0.4 is 16.4 Å². The Morgan fingerprint density at radius 3 is 2.64 bits per heavy atom. The Hall–Kier alpha value is -3.51. The van der Waals surface area contributed by atoms with Crippen LogP contribution in [0.25, 0.3) is 0 Å². The van der Waals surface area contributed by atoms with E-state index >= 15 is 0 Å². The summed E-state index contributed by atoms with van der Waals surface area (Å²) in [5.74, 6) is -1.50. The van der Waals surface area contributed by atoms with E-state index in [-0.39, 0.29) is 57.5 Å². The van der Waals surface area contributed by atoms with Gasteiger partial charge in [-0.3, -0.25) is 24.5 Å². The van der Waals surface area contributed by atoms with Crippen LogP contribution >= 0.6 is 0 Å². The van der Waals surface area contributed by atoms with E-state index in [4.69, 9.17) is 15.2 Å². The van der Waals surface area contributed by atoms with Gasteiger partial charge in [0.25, 0.3) is 5.91 Å². The Balaban J connectivity index is 1.48. The van der Waals surface area contributed by atoms with Crippen molar-refractivity contribution in [3.8, 4) is 0 Å². The minimum atomic E-state index is -0.700. The molecule has 0 aromatic heterocycles. The highest BCUT2D eigenvalue weighted by Crippen LogP contribution is 2.29. The van der Waals surface area contributed by atoms with Gasteiger partial charge in [-0.25, -0.2) is 4.79 Å². The van der Waals surface area contributed by atoms with Crippen LogP contribution in [0.5, 0.6) is 0 Å². The smallest absolute Gasteiger partial charge is 0.410 e. The molecule has 12 heteroatoms. The predicted octanol–water partition coefficient (Wildman–Crippen LogP) is 0.599. The molecule has 0 radical (unpaired) electrons. The van der Waals surface area contributed by atoms with Crippen LogP contribution in [-0.4, -0.2) is 84.0 Å². The number of fused-ring (bicyclic) bond motifs is 1. The number of rotatable bonds is 9. The highest BCUT2D eigenvalue weighted by atomic mass is 16.6. The van der Waals surface area contributed by atoms with Gasteiger partial charge >= 0.3 is 6.09 Å². The number of benzene rings is 1. The number of hydrogen-bond donors (Lipinski definition) is 3. The van der Waals surface area contributed by atoms with Crippen molar-refractivity contribution in [3.63, 3.8) is 0 Å². The number of carbonyl (C=O) groups excluding carboxylic acids is 5. The van der Waals surface area contributed by atoms with Crippen LogP contribution in [0.2, 0.25) is 0 Å². The Kier molecular flexibility index (Phi) is 8.64. The molecule has 1 unspecified atom stereocenters. The molecular formula is C24H33N5O7. The third-order valence-electron chi connectivity index (χ3n) is 5.60. The topological polar surface area (TPSA) is 160 Å². The Morgan fingerprint density at radius 2 is 1.97 bits per heavy atom. The van der Waals surface area contributed by atoms with E-state index in [1.54, 1.807) is 39.0 Å². The molecule has 0 saturated carbocycles. The number of nitrogens with one attached hydrogen (secondary N) is 2. The molecule has 1 fully saturated rings. The van der Waals surface area contributed by atoms with Gasteiger partial charge in [0.1, 0.15) is 18.2 Å². The van der Waals surface area contributed by atoms with E-state index < -0.39 is 29.6 Å². The predicted molar refractivity (Wildman–Crippen MR) is 129 cm³/mol. The second kappa shape index (κ2) is 11.5. The monoisotopic (exact) mass is 503 g/mol. The molecule has 0 aliphatic carbocycles. The van der Waals surface area contributed by atoms with E-state index in [0.29, 0.717) is 23.4 Å². The van der Waals surface area contributed by atoms with Crippen molar-refractivity contribution in [1.82, 2.24) is 15.1 Å². The number of imide groups is 1. The fourth-order valence-electron chi connectivity index (χ4n) is 3.97. The first-order valence-electron chi connectivity index (χ1n) is 11.8. The molecule has 5 amide bonds. The first-order chi connectivity index (χ1) is 17.0. The zero-order valence-corrected chi connectivity index (χ0v) is 20.8. The van der Waals surface area contributed by atoms with E-state index in [1.807, 2.05) is 0 Å². The molecule has 0 bridgehead atoms. The minimum absolute atomic E-state index is 0.117. The molecule has 196 valence electrons. The molecule has 1 saturated heterocycles. The lowest BCUT2D eigenvalue weighted by molar-refractivity contribution is -0.137. The molecule has 2 aliphatic heterocycles. The maximum Gasteiger partial charge on any atom is 0.410 e. The first kappa shape index (κ1) is 27.1. The lowest BCUT2D eigenvalue weighted by Gasteiger charge is -2.29. The highest BCUT2D eigenvalue weighted by molar-refractivity contribution is 6.05. The third kappa shape index (κ3) is 7.01. The summed E-state index contributed by atoms with van der Waals surface area (Å²) in [5, 5.41) is 4.99. The van der Waals surface area contributed by atoms with Gasteiger partial charge in [0.2, 0.25) is 17.7 Å². The lowest BCUT2D eigenvalue weighted by Crippen LogP contribution is -2.52. The van der Waals surface area contributed by atoms with Gasteiger partial charge in [-0.05, 0) is 51.0 Å². The Labute approximate surface area is 209 Å². The molecule has 1 aromatic carbocycles. The quantitative estimate of drug-likeness (QED) is 0.326. The van der Waals surface area contributed by atoms with Crippen molar-refractivity contribution in [2.45, 2.75) is 51.8 Å².